The number of benzene rings is 1. The van der Waals surface area contributed by atoms with Crippen molar-refractivity contribution in [3.63, 3.8) is 0 Å². The van der Waals surface area contributed by atoms with Gasteiger partial charge in [-0.15, -0.1) is 0 Å². The van der Waals surface area contributed by atoms with E-state index in [4.69, 9.17) is 7.85 Å². The average molecular weight is 227 g/mol. The number of hydrogen-bond donors (Lipinski definition) is 2. The van der Waals surface area contributed by atoms with Gasteiger partial charge in [0.15, 0.2) is 0 Å². The molecule has 0 aromatic heterocycles. The van der Waals surface area contributed by atoms with Crippen LogP contribution < -0.4 is 5.46 Å². The van der Waals surface area contributed by atoms with Crippen LogP contribution in [0.3, 0.4) is 0 Å². The Bertz CT molecular complexity index is 231. The first-order valence-corrected chi connectivity index (χ1v) is 4.22. The van der Waals surface area contributed by atoms with Gasteiger partial charge in [-0.2, -0.15) is 0 Å². The number of aromatic hydroxyl groups is 2. The second-order valence-electron chi connectivity index (χ2n) is 2.67. The normalized spacial score (nSPS) is 10.2. The van der Waals surface area contributed by atoms with Gasteiger partial charge in [0, 0.05) is 5.56 Å². The minimum absolute atomic E-state index is 0.0409. The zero-order valence-corrected chi connectivity index (χ0v) is 8.44. The van der Waals surface area contributed by atoms with Crippen LogP contribution in [-0.4, -0.2) is 18.1 Å². The van der Waals surface area contributed by atoms with Crippen molar-refractivity contribution in [1.82, 2.24) is 0 Å². The van der Waals surface area contributed by atoms with E-state index >= 15 is 0 Å². The van der Waals surface area contributed by atoms with E-state index in [1.54, 1.807) is 13.8 Å². The summed E-state index contributed by atoms with van der Waals surface area (Å²) in [5, 5.41) is 18.8. The summed E-state index contributed by atoms with van der Waals surface area (Å²) in [5.41, 5.74) is 1.35. The Morgan fingerprint density at radius 2 is 1.58 bits per heavy atom. The van der Waals surface area contributed by atoms with Crippen molar-refractivity contribution in [2.24, 2.45) is 0 Å². The molecule has 0 aliphatic carbocycles. The van der Waals surface area contributed by atoms with Gasteiger partial charge in [0.1, 0.15) is 19.3 Å². The topological polar surface area (TPSA) is 40.5 Å². The first-order valence-electron chi connectivity index (χ1n) is 3.42. The Kier molecular flexibility index (Phi) is 2.37. The predicted octanol–water partition coefficient (Wildman–Crippen LogP) is 1.27. The van der Waals surface area contributed by atoms with E-state index in [0.717, 1.165) is 0 Å². The monoisotopic (exact) mass is 226 g/mol. The van der Waals surface area contributed by atoms with Gasteiger partial charge in [-0.25, -0.2) is 0 Å². The molecule has 0 heterocycles. The van der Waals surface area contributed by atoms with Gasteiger partial charge >= 0.3 is 0 Å². The highest BCUT2D eigenvalue weighted by molar-refractivity contribution is 9.10. The van der Waals surface area contributed by atoms with Gasteiger partial charge in [-0.3, -0.25) is 0 Å². The second kappa shape index (κ2) is 3.01. The second-order valence-corrected chi connectivity index (χ2v) is 3.47. The number of rotatable bonds is 0. The molecule has 2 radical (unpaired) electrons. The third kappa shape index (κ3) is 1.20. The third-order valence-electron chi connectivity index (χ3n) is 1.91. The van der Waals surface area contributed by atoms with Gasteiger partial charge in [0.25, 0.3) is 0 Å². The molecule has 0 aliphatic heterocycles. The fourth-order valence-electron chi connectivity index (χ4n) is 0.952. The highest BCUT2D eigenvalue weighted by atomic mass is 79.9. The maximum atomic E-state index is 9.43. The van der Waals surface area contributed by atoms with Crippen LogP contribution in [0.5, 0.6) is 11.5 Å². The molecule has 2 N–H and O–H groups in total. The Balaban J connectivity index is 3.60. The molecule has 12 heavy (non-hydrogen) atoms. The van der Waals surface area contributed by atoms with E-state index in [1.165, 1.54) is 0 Å². The first-order chi connectivity index (χ1) is 5.46. The smallest absolute Gasteiger partial charge is 0.136 e. The summed E-state index contributed by atoms with van der Waals surface area (Å²) >= 11 is 3.17. The molecule has 1 rings (SSSR count). The molecule has 0 amide bonds. The fraction of sp³-hybridized carbons (Fsp3) is 0.250. The van der Waals surface area contributed by atoms with Crippen LogP contribution in [-0.2, 0) is 0 Å². The quantitative estimate of drug-likeness (QED) is 0.655. The first kappa shape index (κ1) is 9.45. The van der Waals surface area contributed by atoms with Gasteiger partial charge < -0.3 is 10.2 Å². The van der Waals surface area contributed by atoms with Crippen molar-refractivity contribution < 1.29 is 10.2 Å². The molecule has 1 aromatic rings. The maximum absolute atomic E-state index is 9.43. The van der Waals surface area contributed by atoms with Crippen LogP contribution in [0.25, 0.3) is 0 Å². The zero-order chi connectivity index (χ0) is 9.46. The van der Waals surface area contributed by atoms with Crippen molar-refractivity contribution in [2.75, 3.05) is 0 Å². The lowest BCUT2D eigenvalue weighted by Crippen LogP contribution is -2.10. The van der Waals surface area contributed by atoms with Crippen LogP contribution in [0, 0.1) is 13.8 Å². The van der Waals surface area contributed by atoms with Crippen molar-refractivity contribution in [3.05, 3.63) is 15.6 Å². The minimum Gasteiger partial charge on any atom is -0.508 e. The molecule has 2 nitrogen and oxygen atoms in total. The van der Waals surface area contributed by atoms with Crippen LogP contribution in [0.1, 0.15) is 11.1 Å². The number of halogens is 1. The Morgan fingerprint density at radius 3 is 2.08 bits per heavy atom. The van der Waals surface area contributed by atoms with Crippen molar-refractivity contribution >= 4 is 29.2 Å². The summed E-state index contributed by atoms with van der Waals surface area (Å²) in [6.07, 6.45) is 0. The zero-order valence-electron chi connectivity index (χ0n) is 6.85. The molecule has 0 unspecified atom stereocenters. The Hall–Kier alpha value is -0.635. The summed E-state index contributed by atoms with van der Waals surface area (Å²) in [6.45, 7) is 3.32. The van der Waals surface area contributed by atoms with Crippen molar-refractivity contribution in [1.29, 1.82) is 0 Å². The lowest BCUT2D eigenvalue weighted by molar-refractivity contribution is 0.443. The minimum atomic E-state index is -0.0480. The lowest BCUT2D eigenvalue weighted by Gasteiger charge is -2.11. The molecule has 0 atom stereocenters. The lowest BCUT2D eigenvalue weighted by atomic mass is 9.88. The molecular weight excluding hydrogens is 219 g/mol. The van der Waals surface area contributed by atoms with Crippen molar-refractivity contribution in [3.8, 4) is 11.5 Å². The summed E-state index contributed by atoms with van der Waals surface area (Å²) in [5.74, 6) is -0.00704. The highest BCUT2D eigenvalue weighted by Gasteiger charge is 2.13. The maximum Gasteiger partial charge on any atom is 0.136 e. The molecule has 0 bridgehead atoms. The molecule has 1 aromatic carbocycles. The third-order valence-corrected chi connectivity index (χ3v) is 2.88. The standard InChI is InChI=1S/C8H8BBrO2/c1-3-5(9)7(11)4(2)8(12)6(3)10/h11-12H,1-2H3. The summed E-state index contributed by atoms with van der Waals surface area (Å²) in [6, 6.07) is 0. The molecule has 0 aliphatic rings. The van der Waals surface area contributed by atoms with E-state index in [1.807, 2.05) is 0 Å². The van der Waals surface area contributed by atoms with Crippen LogP contribution >= 0.6 is 15.9 Å². The highest BCUT2D eigenvalue weighted by Crippen LogP contribution is 2.34. The van der Waals surface area contributed by atoms with Gasteiger partial charge in [-0.05, 0) is 35.3 Å². The predicted molar refractivity (Wildman–Crippen MR) is 52.3 cm³/mol. The van der Waals surface area contributed by atoms with Gasteiger partial charge in [0.2, 0.25) is 0 Å². The molecule has 0 fully saturated rings. The van der Waals surface area contributed by atoms with Crippen molar-refractivity contribution in [2.45, 2.75) is 13.8 Å². The summed E-state index contributed by atoms with van der Waals surface area (Å²) < 4.78 is 0.537. The Labute approximate surface area is 80.8 Å². The van der Waals surface area contributed by atoms with E-state index in [0.29, 0.717) is 21.1 Å². The summed E-state index contributed by atoms with van der Waals surface area (Å²) in [7, 11) is 5.56. The van der Waals surface area contributed by atoms with Crippen LogP contribution in [0.2, 0.25) is 0 Å². The fourth-order valence-corrected chi connectivity index (χ4v) is 1.46. The van der Waals surface area contributed by atoms with Gasteiger partial charge in [0.05, 0.1) is 4.47 Å². The van der Waals surface area contributed by atoms with Gasteiger partial charge in [-0.1, -0.05) is 5.46 Å². The number of phenols is 2. The molecule has 0 spiro atoms. The molecule has 0 saturated carbocycles. The van der Waals surface area contributed by atoms with E-state index in [2.05, 4.69) is 15.9 Å². The molecule has 62 valence electrons. The number of phenolic OH excluding ortho intramolecular Hbond substituents is 2. The largest absolute Gasteiger partial charge is 0.508 e. The van der Waals surface area contributed by atoms with Crippen LogP contribution in [0.15, 0.2) is 4.47 Å². The summed E-state index contributed by atoms with van der Waals surface area (Å²) in [4.78, 5) is 0. The van der Waals surface area contributed by atoms with Crippen LogP contribution in [0.4, 0.5) is 0 Å². The van der Waals surface area contributed by atoms with E-state index in [9.17, 15) is 10.2 Å². The van der Waals surface area contributed by atoms with E-state index < -0.39 is 0 Å². The Morgan fingerprint density at radius 1 is 1.08 bits per heavy atom. The average Bonchev–Trinajstić information content (AvgIpc) is 2.08. The molecular formula is C8H8BBrO2. The SMILES string of the molecule is [B]c1c(C)c(Br)c(O)c(C)c1O. The molecule has 0 saturated heterocycles. The van der Waals surface area contributed by atoms with E-state index in [-0.39, 0.29) is 11.5 Å². The molecule has 4 heteroatoms. The number of hydrogen-bond acceptors (Lipinski definition) is 2.